The van der Waals surface area contributed by atoms with E-state index < -0.39 is 6.43 Å². The molecule has 1 rings (SSSR count). The summed E-state index contributed by atoms with van der Waals surface area (Å²) >= 11 is 6.11. The summed E-state index contributed by atoms with van der Waals surface area (Å²) in [6.07, 6.45) is -1.19. The van der Waals surface area contributed by atoms with E-state index in [0.717, 1.165) is 0 Å². The van der Waals surface area contributed by atoms with E-state index in [-0.39, 0.29) is 22.3 Å². The lowest BCUT2D eigenvalue weighted by molar-refractivity contribution is 0.151. The SMILES string of the molecule is Nc1c(Br)cnc(CBr)c1C(F)F. The maximum Gasteiger partial charge on any atom is 0.267 e. The normalized spacial score (nSPS) is 10.8. The molecule has 72 valence electrons. The number of nitrogens with zero attached hydrogens (tertiary/aromatic N) is 1. The van der Waals surface area contributed by atoms with Gasteiger partial charge in [0, 0.05) is 11.5 Å². The number of halogens is 4. The van der Waals surface area contributed by atoms with Gasteiger partial charge in [-0.3, -0.25) is 4.98 Å². The van der Waals surface area contributed by atoms with Gasteiger partial charge in [-0.1, -0.05) is 15.9 Å². The Labute approximate surface area is 90.8 Å². The van der Waals surface area contributed by atoms with Crippen LogP contribution in [0.25, 0.3) is 0 Å². The molecule has 0 atom stereocenters. The molecule has 0 aliphatic rings. The molecule has 0 fully saturated rings. The van der Waals surface area contributed by atoms with Gasteiger partial charge in [0.2, 0.25) is 0 Å². The molecule has 1 heterocycles. The van der Waals surface area contributed by atoms with Gasteiger partial charge < -0.3 is 5.73 Å². The Bertz CT molecular complexity index is 318. The van der Waals surface area contributed by atoms with Crippen molar-refractivity contribution in [3.8, 4) is 0 Å². The molecule has 0 radical (unpaired) electrons. The first-order valence-electron chi connectivity index (χ1n) is 3.34. The molecule has 2 nitrogen and oxygen atoms in total. The second kappa shape index (κ2) is 4.32. The molecule has 0 amide bonds. The Balaban J connectivity index is 3.32. The van der Waals surface area contributed by atoms with Gasteiger partial charge in [0.25, 0.3) is 6.43 Å². The summed E-state index contributed by atoms with van der Waals surface area (Å²) in [4.78, 5) is 3.83. The molecule has 0 saturated heterocycles. The molecule has 1 aromatic rings. The molecule has 6 heteroatoms. The Morgan fingerprint density at radius 2 is 2.15 bits per heavy atom. The van der Waals surface area contributed by atoms with Crippen LogP contribution in [-0.2, 0) is 5.33 Å². The van der Waals surface area contributed by atoms with E-state index in [1.165, 1.54) is 6.20 Å². The van der Waals surface area contributed by atoms with Gasteiger partial charge in [-0.15, -0.1) is 0 Å². The highest BCUT2D eigenvalue weighted by Gasteiger charge is 2.18. The number of pyridine rings is 1. The quantitative estimate of drug-likeness (QED) is 0.851. The highest BCUT2D eigenvalue weighted by molar-refractivity contribution is 9.10. The summed E-state index contributed by atoms with van der Waals surface area (Å²) < 4.78 is 25.4. The zero-order chi connectivity index (χ0) is 10.0. The van der Waals surface area contributed by atoms with E-state index in [4.69, 9.17) is 5.73 Å². The highest BCUT2D eigenvalue weighted by Crippen LogP contribution is 2.33. The van der Waals surface area contributed by atoms with E-state index in [9.17, 15) is 8.78 Å². The summed E-state index contributed by atoms with van der Waals surface area (Å²) in [7, 11) is 0. The number of hydrogen-bond acceptors (Lipinski definition) is 2. The molecule has 0 spiro atoms. The maximum absolute atomic E-state index is 12.5. The Morgan fingerprint density at radius 3 is 2.62 bits per heavy atom. The molecule has 0 aromatic carbocycles. The fraction of sp³-hybridized carbons (Fsp3) is 0.286. The molecule has 0 saturated carbocycles. The minimum Gasteiger partial charge on any atom is -0.397 e. The van der Waals surface area contributed by atoms with Gasteiger partial charge in [0.1, 0.15) is 0 Å². The van der Waals surface area contributed by atoms with Crippen LogP contribution in [0.4, 0.5) is 14.5 Å². The Hall–Kier alpha value is -0.230. The largest absolute Gasteiger partial charge is 0.397 e. The number of aromatic nitrogens is 1. The van der Waals surface area contributed by atoms with Gasteiger partial charge in [-0.05, 0) is 15.9 Å². The van der Waals surface area contributed by atoms with Gasteiger partial charge in [-0.25, -0.2) is 8.78 Å². The fourth-order valence-corrected chi connectivity index (χ4v) is 1.67. The minimum absolute atomic E-state index is 0.0550. The van der Waals surface area contributed by atoms with E-state index in [1.54, 1.807) is 0 Å². The predicted molar refractivity (Wildman–Crippen MR) is 53.9 cm³/mol. The number of nitrogens with two attached hydrogens (primary N) is 1. The number of alkyl halides is 3. The lowest BCUT2D eigenvalue weighted by atomic mass is 10.2. The van der Waals surface area contributed by atoms with E-state index in [1.807, 2.05) is 0 Å². The van der Waals surface area contributed by atoms with Crippen molar-refractivity contribution in [3.63, 3.8) is 0 Å². The molecule has 13 heavy (non-hydrogen) atoms. The standard InChI is InChI=1S/C7H6Br2F2N2/c8-1-4-5(7(10)11)6(12)3(9)2-13-4/h2,7H,1H2,(H2,12,13). The van der Waals surface area contributed by atoms with Crippen LogP contribution >= 0.6 is 31.9 Å². The zero-order valence-electron chi connectivity index (χ0n) is 6.40. The molecule has 2 N–H and O–H groups in total. The summed E-state index contributed by atoms with van der Waals surface area (Å²) in [5, 5.41) is 0.268. The zero-order valence-corrected chi connectivity index (χ0v) is 9.57. The average Bonchev–Trinajstić information content (AvgIpc) is 2.08. The van der Waals surface area contributed by atoms with Gasteiger partial charge in [-0.2, -0.15) is 0 Å². The first-order chi connectivity index (χ1) is 6.07. The van der Waals surface area contributed by atoms with Crippen molar-refractivity contribution in [2.24, 2.45) is 0 Å². The third-order valence-electron chi connectivity index (χ3n) is 1.54. The number of hydrogen-bond donors (Lipinski definition) is 1. The summed E-state index contributed by atoms with van der Waals surface area (Å²) in [6.45, 7) is 0. The molecular formula is C7H6Br2F2N2. The van der Waals surface area contributed by atoms with E-state index in [0.29, 0.717) is 4.47 Å². The topological polar surface area (TPSA) is 38.9 Å². The molecule has 0 aliphatic carbocycles. The van der Waals surface area contributed by atoms with Crippen molar-refractivity contribution in [2.75, 3.05) is 5.73 Å². The third kappa shape index (κ3) is 2.17. The van der Waals surface area contributed by atoms with E-state index >= 15 is 0 Å². The summed E-state index contributed by atoms with van der Waals surface area (Å²) in [5.74, 6) is 0. The van der Waals surface area contributed by atoms with Crippen molar-refractivity contribution >= 4 is 37.5 Å². The van der Waals surface area contributed by atoms with Crippen LogP contribution in [0.15, 0.2) is 10.7 Å². The number of nitrogen functional groups attached to an aromatic ring is 1. The first-order valence-corrected chi connectivity index (χ1v) is 5.26. The molecule has 1 aromatic heterocycles. The smallest absolute Gasteiger partial charge is 0.267 e. The fourth-order valence-electron chi connectivity index (χ4n) is 0.908. The summed E-state index contributed by atoms with van der Waals surface area (Å²) in [5.41, 5.74) is 5.60. The van der Waals surface area contributed by atoms with E-state index in [2.05, 4.69) is 36.8 Å². The monoisotopic (exact) mass is 314 g/mol. The molecule has 0 aliphatic heterocycles. The van der Waals surface area contributed by atoms with Crippen LogP contribution < -0.4 is 5.73 Å². The van der Waals surface area contributed by atoms with Gasteiger partial charge in [0.05, 0.1) is 21.4 Å². The Morgan fingerprint density at radius 1 is 1.54 bits per heavy atom. The lowest BCUT2D eigenvalue weighted by Gasteiger charge is -2.09. The number of anilines is 1. The number of rotatable bonds is 2. The lowest BCUT2D eigenvalue weighted by Crippen LogP contribution is -2.02. The van der Waals surface area contributed by atoms with Gasteiger partial charge >= 0.3 is 0 Å². The highest BCUT2D eigenvalue weighted by atomic mass is 79.9. The van der Waals surface area contributed by atoms with Crippen LogP contribution in [0, 0.1) is 0 Å². The van der Waals surface area contributed by atoms with Crippen molar-refractivity contribution in [1.29, 1.82) is 0 Å². The van der Waals surface area contributed by atoms with Crippen molar-refractivity contribution < 1.29 is 8.78 Å². The second-order valence-corrected chi connectivity index (χ2v) is 3.73. The molecular weight excluding hydrogens is 310 g/mol. The van der Waals surface area contributed by atoms with Crippen LogP contribution in [0.3, 0.4) is 0 Å². The average molecular weight is 316 g/mol. The van der Waals surface area contributed by atoms with Crippen LogP contribution in [0.5, 0.6) is 0 Å². The minimum atomic E-state index is -2.60. The van der Waals surface area contributed by atoms with Crippen molar-refractivity contribution in [3.05, 3.63) is 21.9 Å². The predicted octanol–water partition coefficient (Wildman–Crippen LogP) is 3.26. The Kier molecular flexibility index (Phi) is 3.61. The van der Waals surface area contributed by atoms with Crippen molar-refractivity contribution in [2.45, 2.75) is 11.8 Å². The van der Waals surface area contributed by atoms with Crippen LogP contribution in [0.2, 0.25) is 0 Å². The van der Waals surface area contributed by atoms with Gasteiger partial charge in [0.15, 0.2) is 0 Å². The van der Waals surface area contributed by atoms with Crippen molar-refractivity contribution in [1.82, 2.24) is 4.98 Å². The van der Waals surface area contributed by atoms with Crippen LogP contribution in [-0.4, -0.2) is 4.98 Å². The molecule has 0 unspecified atom stereocenters. The molecule has 0 bridgehead atoms. The maximum atomic E-state index is 12.5. The first kappa shape index (κ1) is 10.8. The summed E-state index contributed by atoms with van der Waals surface area (Å²) in [6, 6.07) is 0. The second-order valence-electron chi connectivity index (χ2n) is 2.31. The van der Waals surface area contributed by atoms with Crippen LogP contribution in [0.1, 0.15) is 17.7 Å². The third-order valence-corrected chi connectivity index (χ3v) is 2.70.